The molecule has 0 radical (unpaired) electrons. The SMILES string of the molecule is CNC(=O)CNC(=O)COC(=O)[C@H](CSC)N1C(=O)c2ccccc2C1=O. The van der Waals surface area contributed by atoms with Gasteiger partial charge in [-0.15, -0.1) is 0 Å². The third kappa shape index (κ3) is 4.64. The first-order valence-electron chi connectivity index (χ1n) is 8.00. The number of nitrogens with one attached hydrogen (secondary N) is 2. The Morgan fingerprint density at radius 1 is 1.11 bits per heavy atom. The highest BCUT2D eigenvalue weighted by molar-refractivity contribution is 7.98. The number of rotatable bonds is 8. The Morgan fingerprint density at radius 2 is 1.70 bits per heavy atom. The van der Waals surface area contributed by atoms with Crippen LogP contribution in [0.2, 0.25) is 0 Å². The Labute approximate surface area is 159 Å². The van der Waals surface area contributed by atoms with Crippen molar-refractivity contribution in [3.8, 4) is 0 Å². The summed E-state index contributed by atoms with van der Waals surface area (Å²) in [5.74, 6) is -2.96. The molecule has 27 heavy (non-hydrogen) atoms. The largest absolute Gasteiger partial charge is 0.454 e. The lowest BCUT2D eigenvalue weighted by atomic mass is 10.1. The van der Waals surface area contributed by atoms with E-state index in [0.717, 1.165) is 4.90 Å². The molecule has 10 heteroatoms. The Balaban J connectivity index is 2.04. The maximum atomic E-state index is 12.5. The normalized spacial score (nSPS) is 13.8. The number of hydrogen-bond donors (Lipinski definition) is 2. The van der Waals surface area contributed by atoms with Gasteiger partial charge in [-0.1, -0.05) is 12.1 Å². The number of imide groups is 1. The monoisotopic (exact) mass is 393 g/mol. The minimum Gasteiger partial charge on any atom is -0.454 e. The van der Waals surface area contributed by atoms with Crippen molar-refractivity contribution in [2.24, 2.45) is 0 Å². The van der Waals surface area contributed by atoms with Crippen LogP contribution in [0.25, 0.3) is 0 Å². The molecule has 0 spiro atoms. The van der Waals surface area contributed by atoms with E-state index in [2.05, 4.69) is 10.6 Å². The first-order chi connectivity index (χ1) is 12.9. The molecule has 0 bridgehead atoms. The van der Waals surface area contributed by atoms with E-state index in [4.69, 9.17) is 4.74 Å². The average molecular weight is 393 g/mol. The number of ether oxygens (including phenoxy) is 1. The van der Waals surface area contributed by atoms with Gasteiger partial charge in [0.1, 0.15) is 6.04 Å². The lowest BCUT2D eigenvalue weighted by molar-refractivity contribution is -0.151. The molecule has 1 aliphatic heterocycles. The molecule has 144 valence electrons. The number of nitrogens with zero attached hydrogens (tertiary/aromatic N) is 1. The summed E-state index contributed by atoms with van der Waals surface area (Å²) in [6, 6.07) is 5.14. The third-order valence-electron chi connectivity index (χ3n) is 3.80. The molecule has 0 saturated carbocycles. The van der Waals surface area contributed by atoms with Gasteiger partial charge in [0.2, 0.25) is 5.91 Å². The van der Waals surface area contributed by atoms with Crippen molar-refractivity contribution in [1.29, 1.82) is 0 Å². The molecule has 1 heterocycles. The van der Waals surface area contributed by atoms with Crippen LogP contribution in [0.15, 0.2) is 24.3 Å². The maximum Gasteiger partial charge on any atom is 0.330 e. The summed E-state index contributed by atoms with van der Waals surface area (Å²) in [5.41, 5.74) is 0.453. The molecule has 0 unspecified atom stereocenters. The highest BCUT2D eigenvalue weighted by Crippen LogP contribution is 2.26. The van der Waals surface area contributed by atoms with Crippen molar-refractivity contribution >= 4 is 41.4 Å². The number of fused-ring (bicyclic) bond motifs is 1. The summed E-state index contributed by atoms with van der Waals surface area (Å²) >= 11 is 1.26. The van der Waals surface area contributed by atoms with Crippen LogP contribution in [0.3, 0.4) is 0 Å². The average Bonchev–Trinajstić information content (AvgIpc) is 2.93. The fraction of sp³-hybridized carbons (Fsp3) is 0.353. The van der Waals surface area contributed by atoms with Gasteiger partial charge in [0, 0.05) is 12.8 Å². The van der Waals surface area contributed by atoms with Crippen molar-refractivity contribution in [2.75, 3.05) is 32.2 Å². The van der Waals surface area contributed by atoms with Crippen LogP contribution >= 0.6 is 11.8 Å². The number of thioether (sulfide) groups is 1. The van der Waals surface area contributed by atoms with E-state index in [0.29, 0.717) is 0 Å². The number of carbonyl (C=O) groups is 5. The first kappa shape index (κ1) is 20.4. The van der Waals surface area contributed by atoms with Crippen LogP contribution in [-0.4, -0.2) is 72.7 Å². The van der Waals surface area contributed by atoms with Gasteiger partial charge in [-0.3, -0.25) is 24.1 Å². The van der Waals surface area contributed by atoms with Gasteiger partial charge in [0.05, 0.1) is 17.7 Å². The van der Waals surface area contributed by atoms with Crippen LogP contribution in [0, 0.1) is 0 Å². The minimum absolute atomic E-state index is 0.129. The topological polar surface area (TPSA) is 122 Å². The zero-order valence-electron chi connectivity index (χ0n) is 14.8. The second-order valence-corrected chi connectivity index (χ2v) is 6.47. The Kier molecular flexibility index (Phi) is 6.94. The standard InChI is InChI=1S/C17H19N3O6S/c1-18-13(21)7-19-14(22)8-26-17(25)12(9-27-2)20-15(23)10-5-3-4-6-11(10)16(20)24/h3-6,12H,7-9H2,1-2H3,(H,18,21)(H,19,22)/t12-/m0/s1. The highest BCUT2D eigenvalue weighted by atomic mass is 32.2. The van der Waals surface area contributed by atoms with Crippen LogP contribution in [0.4, 0.5) is 0 Å². The van der Waals surface area contributed by atoms with Crippen LogP contribution in [0.1, 0.15) is 20.7 Å². The number of likely N-dealkylation sites (N-methyl/N-ethyl adjacent to an activating group) is 1. The number of esters is 1. The molecule has 1 aromatic carbocycles. The Bertz CT molecular complexity index is 747. The van der Waals surface area contributed by atoms with Gasteiger partial charge in [0.25, 0.3) is 17.7 Å². The van der Waals surface area contributed by atoms with E-state index in [1.807, 2.05) is 0 Å². The highest BCUT2D eigenvalue weighted by Gasteiger charge is 2.43. The molecule has 2 N–H and O–H groups in total. The molecule has 2 rings (SSSR count). The molecule has 4 amide bonds. The fourth-order valence-electron chi connectivity index (χ4n) is 2.45. The molecule has 0 fully saturated rings. The van der Waals surface area contributed by atoms with Gasteiger partial charge in [-0.25, -0.2) is 4.79 Å². The van der Waals surface area contributed by atoms with E-state index in [-0.39, 0.29) is 23.4 Å². The number of hydrogen-bond acceptors (Lipinski definition) is 7. The summed E-state index contributed by atoms with van der Waals surface area (Å²) in [7, 11) is 1.42. The summed E-state index contributed by atoms with van der Waals surface area (Å²) in [6.07, 6.45) is 1.72. The van der Waals surface area contributed by atoms with Gasteiger partial charge in [0.15, 0.2) is 6.61 Å². The van der Waals surface area contributed by atoms with Crippen LogP contribution in [0.5, 0.6) is 0 Å². The second-order valence-electron chi connectivity index (χ2n) is 5.55. The van der Waals surface area contributed by atoms with Gasteiger partial charge < -0.3 is 15.4 Å². The smallest absolute Gasteiger partial charge is 0.330 e. The minimum atomic E-state index is -1.15. The molecule has 0 saturated heterocycles. The van der Waals surface area contributed by atoms with Crippen molar-refractivity contribution in [2.45, 2.75) is 6.04 Å². The van der Waals surface area contributed by atoms with E-state index in [1.54, 1.807) is 18.4 Å². The molecule has 0 aliphatic carbocycles. The predicted octanol–water partition coefficient (Wildman–Crippen LogP) is -0.580. The summed E-state index contributed by atoms with van der Waals surface area (Å²) in [5, 5.41) is 4.61. The van der Waals surface area contributed by atoms with E-state index in [9.17, 15) is 24.0 Å². The Morgan fingerprint density at radius 3 is 2.22 bits per heavy atom. The third-order valence-corrected chi connectivity index (χ3v) is 4.45. The van der Waals surface area contributed by atoms with Crippen molar-refractivity contribution in [3.05, 3.63) is 35.4 Å². The number of benzene rings is 1. The van der Waals surface area contributed by atoms with E-state index in [1.165, 1.54) is 30.9 Å². The summed E-state index contributed by atoms with van der Waals surface area (Å²) in [4.78, 5) is 61.1. The van der Waals surface area contributed by atoms with Crippen molar-refractivity contribution < 1.29 is 28.7 Å². The summed E-state index contributed by atoms with van der Waals surface area (Å²) < 4.78 is 4.95. The molecule has 1 aromatic rings. The second kappa shape index (κ2) is 9.17. The van der Waals surface area contributed by atoms with Gasteiger partial charge in [-0.2, -0.15) is 11.8 Å². The van der Waals surface area contributed by atoms with Crippen molar-refractivity contribution in [1.82, 2.24) is 15.5 Å². The van der Waals surface area contributed by atoms with Gasteiger partial charge in [-0.05, 0) is 18.4 Å². The Hall–Kier alpha value is -2.88. The van der Waals surface area contributed by atoms with Crippen molar-refractivity contribution in [3.63, 3.8) is 0 Å². The van der Waals surface area contributed by atoms with E-state index < -0.39 is 42.2 Å². The maximum absolute atomic E-state index is 12.5. The predicted molar refractivity (Wildman–Crippen MR) is 97.1 cm³/mol. The molecule has 9 nitrogen and oxygen atoms in total. The zero-order valence-corrected chi connectivity index (χ0v) is 15.6. The molecular formula is C17H19N3O6S. The van der Waals surface area contributed by atoms with E-state index >= 15 is 0 Å². The molecular weight excluding hydrogens is 374 g/mol. The first-order valence-corrected chi connectivity index (χ1v) is 9.39. The number of amides is 4. The lowest BCUT2D eigenvalue weighted by Crippen LogP contribution is -2.48. The van der Waals surface area contributed by atoms with Crippen LogP contribution < -0.4 is 10.6 Å². The quantitative estimate of drug-likeness (QED) is 0.448. The van der Waals surface area contributed by atoms with Gasteiger partial charge >= 0.3 is 5.97 Å². The molecule has 1 atom stereocenters. The lowest BCUT2D eigenvalue weighted by Gasteiger charge is -2.23. The molecule has 0 aromatic heterocycles. The summed E-state index contributed by atoms with van der Waals surface area (Å²) in [6.45, 7) is -0.872. The fourth-order valence-corrected chi connectivity index (χ4v) is 3.05. The number of carbonyl (C=O) groups excluding carboxylic acids is 5. The van der Waals surface area contributed by atoms with Crippen LogP contribution in [-0.2, 0) is 19.1 Å². The zero-order chi connectivity index (χ0) is 20.0. The molecule has 1 aliphatic rings.